The highest BCUT2D eigenvalue weighted by Crippen LogP contribution is 2.28. The average molecular weight is 325 g/mol. The van der Waals surface area contributed by atoms with Gasteiger partial charge in [0.05, 0.1) is 11.0 Å². The number of aromatic nitrogens is 2. The van der Waals surface area contributed by atoms with Crippen molar-refractivity contribution in [3.8, 4) is 0 Å². The van der Waals surface area contributed by atoms with Crippen molar-refractivity contribution in [1.29, 1.82) is 0 Å². The van der Waals surface area contributed by atoms with Crippen LogP contribution in [0.15, 0.2) is 18.2 Å². The molecule has 114 valence electrons. The molecule has 0 unspecified atom stereocenters. The molecule has 1 aliphatic rings. The fourth-order valence-electron chi connectivity index (χ4n) is 3.46. The number of benzene rings is 1. The Hall–Kier alpha value is -0.730. The molecular formula is C17H22Cl2N2. The summed E-state index contributed by atoms with van der Waals surface area (Å²) in [7, 11) is 0. The monoisotopic (exact) mass is 324 g/mol. The van der Waals surface area contributed by atoms with Crippen molar-refractivity contribution in [2.45, 2.75) is 51.5 Å². The molecule has 0 saturated heterocycles. The van der Waals surface area contributed by atoms with Gasteiger partial charge in [-0.2, -0.15) is 0 Å². The van der Waals surface area contributed by atoms with Crippen molar-refractivity contribution in [2.24, 2.45) is 5.92 Å². The normalized spacial score (nSPS) is 16.7. The van der Waals surface area contributed by atoms with E-state index < -0.39 is 0 Å². The van der Waals surface area contributed by atoms with Gasteiger partial charge in [0.25, 0.3) is 0 Å². The summed E-state index contributed by atoms with van der Waals surface area (Å²) in [6, 6.07) is 5.95. The van der Waals surface area contributed by atoms with Gasteiger partial charge in [0.1, 0.15) is 5.82 Å². The fourth-order valence-corrected chi connectivity index (χ4v) is 3.79. The van der Waals surface area contributed by atoms with Crippen LogP contribution >= 0.6 is 23.2 Å². The van der Waals surface area contributed by atoms with Crippen LogP contribution in [0.4, 0.5) is 0 Å². The van der Waals surface area contributed by atoms with E-state index in [1.54, 1.807) is 0 Å². The molecule has 2 nitrogen and oxygen atoms in total. The minimum absolute atomic E-state index is 0.612. The van der Waals surface area contributed by atoms with Crippen LogP contribution in [0.1, 0.15) is 44.3 Å². The van der Waals surface area contributed by atoms with Crippen LogP contribution in [0.3, 0.4) is 0 Å². The molecule has 0 radical (unpaired) electrons. The Kier molecular flexibility index (Phi) is 5.07. The molecule has 0 N–H and O–H groups in total. The second-order valence-electron chi connectivity index (χ2n) is 6.04. The van der Waals surface area contributed by atoms with Crippen LogP contribution in [-0.2, 0) is 13.0 Å². The first kappa shape index (κ1) is 15.2. The van der Waals surface area contributed by atoms with Crippen LogP contribution in [-0.4, -0.2) is 15.4 Å². The minimum atomic E-state index is 0.612. The van der Waals surface area contributed by atoms with Gasteiger partial charge in [0, 0.05) is 23.9 Å². The van der Waals surface area contributed by atoms with E-state index in [1.165, 1.54) is 38.5 Å². The molecular weight excluding hydrogens is 303 g/mol. The average Bonchev–Trinajstić information content (AvgIpc) is 2.83. The minimum Gasteiger partial charge on any atom is -0.328 e. The van der Waals surface area contributed by atoms with Gasteiger partial charge in [-0.3, -0.25) is 0 Å². The van der Waals surface area contributed by atoms with Crippen LogP contribution < -0.4 is 0 Å². The third-order valence-corrected chi connectivity index (χ3v) is 5.02. The first-order valence-electron chi connectivity index (χ1n) is 7.98. The standard InChI is InChI=1S/C17H22Cl2N2/c18-10-8-17-20-15-7-6-14(19)12-16(15)21(17)11-9-13-4-2-1-3-5-13/h6-7,12-13H,1-5,8-11H2. The molecule has 1 aromatic heterocycles. The van der Waals surface area contributed by atoms with Crippen molar-refractivity contribution < 1.29 is 0 Å². The highest BCUT2D eigenvalue weighted by molar-refractivity contribution is 6.31. The summed E-state index contributed by atoms with van der Waals surface area (Å²) in [5, 5.41) is 0.777. The molecule has 0 spiro atoms. The van der Waals surface area contributed by atoms with Crippen molar-refractivity contribution in [2.75, 3.05) is 5.88 Å². The van der Waals surface area contributed by atoms with Crippen LogP contribution in [0, 0.1) is 5.92 Å². The molecule has 3 rings (SSSR count). The Morgan fingerprint density at radius 3 is 2.76 bits per heavy atom. The maximum atomic E-state index is 6.16. The lowest BCUT2D eigenvalue weighted by Crippen LogP contribution is -2.12. The molecule has 0 amide bonds. The van der Waals surface area contributed by atoms with E-state index in [9.17, 15) is 0 Å². The highest BCUT2D eigenvalue weighted by Gasteiger charge is 2.16. The van der Waals surface area contributed by atoms with E-state index in [0.717, 1.165) is 40.8 Å². The maximum Gasteiger partial charge on any atom is 0.111 e. The molecule has 0 atom stereocenters. The number of hydrogen-bond acceptors (Lipinski definition) is 1. The largest absolute Gasteiger partial charge is 0.328 e. The number of hydrogen-bond donors (Lipinski definition) is 0. The third kappa shape index (κ3) is 3.54. The first-order chi connectivity index (χ1) is 10.3. The quantitative estimate of drug-likeness (QED) is 0.669. The van der Waals surface area contributed by atoms with Gasteiger partial charge in [-0.1, -0.05) is 43.7 Å². The van der Waals surface area contributed by atoms with E-state index in [2.05, 4.69) is 4.57 Å². The molecule has 4 heteroatoms. The Morgan fingerprint density at radius 2 is 2.00 bits per heavy atom. The molecule has 0 aliphatic heterocycles. The van der Waals surface area contributed by atoms with Crippen molar-refractivity contribution in [1.82, 2.24) is 9.55 Å². The second kappa shape index (κ2) is 7.02. The van der Waals surface area contributed by atoms with E-state index in [4.69, 9.17) is 28.2 Å². The number of nitrogens with zero attached hydrogens (tertiary/aromatic N) is 2. The second-order valence-corrected chi connectivity index (χ2v) is 6.86. The summed E-state index contributed by atoms with van der Waals surface area (Å²) >= 11 is 12.1. The lowest BCUT2D eigenvalue weighted by atomic mass is 9.87. The summed E-state index contributed by atoms with van der Waals surface area (Å²) < 4.78 is 2.33. The Bertz CT molecular complexity index is 600. The van der Waals surface area contributed by atoms with Gasteiger partial charge in [0.2, 0.25) is 0 Å². The zero-order chi connectivity index (χ0) is 14.7. The van der Waals surface area contributed by atoms with Crippen LogP contribution in [0.5, 0.6) is 0 Å². The molecule has 1 heterocycles. The number of fused-ring (bicyclic) bond motifs is 1. The predicted molar refractivity (Wildman–Crippen MR) is 90.4 cm³/mol. The van der Waals surface area contributed by atoms with E-state index >= 15 is 0 Å². The van der Waals surface area contributed by atoms with Gasteiger partial charge in [-0.25, -0.2) is 4.98 Å². The molecule has 1 aliphatic carbocycles. The molecule has 2 aromatic rings. The Labute approximate surface area is 136 Å². The number of aryl methyl sites for hydroxylation is 2. The number of halogens is 2. The fraction of sp³-hybridized carbons (Fsp3) is 0.588. The SMILES string of the molecule is ClCCc1nc2ccc(Cl)cc2n1CCC1CCCCC1. The van der Waals surface area contributed by atoms with Crippen molar-refractivity contribution >= 4 is 34.2 Å². The highest BCUT2D eigenvalue weighted by atomic mass is 35.5. The van der Waals surface area contributed by atoms with Crippen molar-refractivity contribution in [3.05, 3.63) is 29.0 Å². The molecule has 0 bridgehead atoms. The maximum absolute atomic E-state index is 6.16. The molecule has 1 aromatic carbocycles. The van der Waals surface area contributed by atoms with Gasteiger partial charge in [-0.15, -0.1) is 11.6 Å². The predicted octanol–water partition coefficient (Wildman–Crippen LogP) is 5.44. The Balaban J connectivity index is 1.83. The first-order valence-corrected chi connectivity index (χ1v) is 8.90. The van der Waals surface area contributed by atoms with Gasteiger partial charge in [-0.05, 0) is 30.5 Å². The molecule has 1 saturated carbocycles. The smallest absolute Gasteiger partial charge is 0.111 e. The van der Waals surface area contributed by atoms with Crippen molar-refractivity contribution in [3.63, 3.8) is 0 Å². The summed E-state index contributed by atoms with van der Waals surface area (Å²) in [4.78, 5) is 4.73. The third-order valence-electron chi connectivity index (χ3n) is 4.59. The number of rotatable bonds is 5. The van der Waals surface area contributed by atoms with E-state index in [-0.39, 0.29) is 0 Å². The molecule has 21 heavy (non-hydrogen) atoms. The number of alkyl halides is 1. The molecule has 1 fully saturated rings. The van der Waals surface area contributed by atoms with Gasteiger partial charge >= 0.3 is 0 Å². The summed E-state index contributed by atoms with van der Waals surface area (Å²) in [5.74, 6) is 2.58. The summed E-state index contributed by atoms with van der Waals surface area (Å²) in [6.07, 6.45) is 9.05. The van der Waals surface area contributed by atoms with E-state index in [0.29, 0.717) is 5.88 Å². The van der Waals surface area contributed by atoms with E-state index in [1.807, 2.05) is 18.2 Å². The van der Waals surface area contributed by atoms with Gasteiger partial charge < -0.3 is 4.57 Å². The Morgan fingerprint density at radius 1 is 1.19 bits per heavy atom. The van der Waals surface area contributed by atoms with Crippen LogP contribution in [0.2, 0.25) is 5.02 Å². The lowest BCUT2D eigenvalue weighted by molar-refractivity contribution is 0.324. The summed E-state index contributed by atoms with van der Waals surface area (Å²) in [5.41, 5.74) is 2.18. The number of imidazole rings is 1. The zero-order valence-corrected chi connectivity index (χ0v) is 13.8. The topological polar surface area (TPSA) is 17.8 Å². The summed E-state index contributed by atoms with van der Waals surface area (Å²) in [6.45, 7) is 1.04. The van der Waals surface area contributed by atoms with Crippen LogP contribution in [0.25, 0.3) is 11.0 Å². The van der Waals surface area contributed by atoms with Gasteiger partial charge in [0.15, 0.2) is 0 Å². The lowest BCUT2D eigenvalue weighted by Gasteiger charge is -2.22. The zero-order valence-electron chi connectivity index (χ0n) is 12.3.